The highest BCUT2D eigenvalue weighted by Crippen LogP contribution is 2.32. The van der Waals surface area contributed by atoms with Gasteiger partial charge >= 0.3 is 6.09 Å². The highest BCUT2D eigenvalue weighted by Gasteiger charge is 2.29. The lowest BCUT2D eigenvalue weighted by Crippen LogP contribution is -2.47. The SMILES string of the molecule is Cc1cc(NC2CCC(=O)NC2=O)ccc1C1CCN(C(=O)OC(C)(C)C)CC1. The Labute approximate surface area is 172 Å². The number of amides is 3. The molecule has 0 aromatic heterocycles. The second kappa shape index (κ2) is 8.43. The predicted octanol–water partition coefficient (Wildman–Crippen LogP) is 3.33. The summed E-state index contributed by atoms with van der Waals surface area (Å²) in [4.78, 5) is 37.3. The van der Waals surface area contributed by atoms with Crippen LogP contribution >= 0.6 is 0 Å². The molecule has 2 heterocycles. The first kappa shape index (κ1) is 21.1. The van der Waals surface area contributed by atoms with Crippen LogP contribution in [0.1, 0.15) is 63.5 Å². The van der Waals surface area contributed by atoms with Crippen molar-refractivity contribution in [1.82, 2.24) is 10.2 Å². The summed E-state index contributed by atoms with van der Waals surface area (Å²) < 4.78 is 5.47. The average molecular weight is 402 g/mol. The number of hydrogen-bond donors (Lipinski definition) is 2. The van der Waals surface area contributed by atoms with Crippen molar-refractivity contribution in [2.24, 2.45) is 0 Å². The number of aryl methyl sites for hydroxylation is 1. The van der Waals surface area contributed by atoms with Crippen molar-refractivity contribution in [3.8, 4) is 0 Å². The summed E-state index contributed by atoms with van der Waals surface area (Å²) in [6.07, 6.45) is 2.43. The molecule has 1 unspecified atom stereocenters. The van der Waals surface area contributed by atoms with Crippen molar-refractivity contribution < 1.29 is 19.1 Å². The van der Waals surface area contributed by atoms with Gasteiger partial charge < -0.3 is 15.0 Å². The van der Waals surface area contributed by atoms with Crippen molar-refractivity contribution in [2.45, 2.75) is 70.9 Å². The zero-order valence-electron chi connectivity index (χ0n) is 17.7. The van der Waals surface area contributed by atoms with E-state index in [2.05, 4.69) is 29.7 Å². The van der Waals surface area contributed by atoms with Crippen LogP contribution in [0.15, 0.2) is 18.2 Å². The molecule has 0 spiro atoms. The summed E-state index contributed by atoms with van der Waals surface area (Å²) in [5.41, 5.74) is 2.85. The Morgan fingerprint density at radius 2 is 1.86 bits per heavy atom. The summed E-state index contributed by atoms with van der Waals surface area (Å²) >= 11 is 0. The molecule has 29 heavy (non-hydrogen) atoms. The number of nitrogens with one attached hydrogen (secondary N) is 2. The minimum atomic E-state index is -0.476. The Bertz CT molecular complexity index is 792. The van der Waals surface area contributed by atoms with Gasteiger partial charge in [0.2, 0.25) is 11.8 Å². The van der Waals surface area contributed by atoms with Gasteiger partial charge in [0.15, 0.2) is 0 Å². The molecule has 0 saturated carbocycles. The van der Waals surface area contributed by atoms with Crippen molar-refractivity contribution in [3.63, 3.8) is 0 Å². The van der Waals surface area contributed by atoms with Crippen LogP contribution in [0, 0.1) is 6.92 Å². The maximum atomic E-state index is 12.2. The lowest BCUT2D eigenvalue weighted by molar-refractivity contribution is -0.133. The number of piperidine rings is 2. The molecule has 1 aromatic carbocycles. The molecule has 2 saturated heterocycles. The normalized spacial score (nSPS) is 21.0. The van der Waals surface area contributed by atoms with E-state index >= 15 is 0 Å². The zero-order valence-corrected chi connectivity index (χ0v) is 17.7. The molecule has 3 rings (SSSR count). The van der Waals surface area contributed by atoms with E-state index in [1.165, 1.54) is 5.56 Å². The molecule has 0 radical (unpaired) electrons. The third-order valence-electron chi connectivity index (χ3n) is 5.44. The fourth-order valence-corrected chi connectivity index (χ4v) is 3.96. The average Bonchev–Trinajstić information content (AvgIpc) is 2.63. The van der Waals surface area contributed by atoms with Crippen LogP contribution in [0.5, 0.6) is 0 Å². The van der Waals surface area contributed by atoms with Crippen molar-refractivity contribution >= 4 is 23.6 Å². The molecule has 7 nitrogen and oxygen atoms in total. The van der Waals surface area contributed by atoms with Gasteiger partial charge in [0.05, 0.1) is 0 Å². The summed E-state index contributed by atoms with van der Waals surface area (Å²) in [5.74, 6) is -0.0758. The highest BCUT2D eigenvalue weighted by molar-refractivity contribution is 6.01. The van der Waals surface area contributed by atoms with Crippen molar-refractivity contribution in [1.29, 1.82) is 0 Å². The Balaban J connectivity index is 1.58. The maximum absolute atomic E-state index is 12.2. The van der Waals surface area contributed by atoms with Crippen LogP contribution in [0.3, 0.4) is 0 Å². The Morgan fingerprint density at radius 3 is 2.45 bits per heavy atom. The summed E-state index contributed by atoms with van der Waals surface area (Å²) in [5, 5.41) is 5.60. The molecule has 2 aliphatic heterocycles. The number of ether oxygens (including phenoxy) is 1. The molecule has 0 bridgehead atoms. The second-order valence-corrected chi connectivity index (χ2v) is 8.96. The molecule has 0 aliphatic carbocycles. The van der Waals surface area contributed by atoms with Crippen LogP contribution < -0.4 is 10.6 Å². The second-order valence-electron chi connectivity index (χ2n) is 8.96. The van der Waals surface area contributed by atoms with E-state index in [0.29, 0.717) is 31.8 Å². The number of carbonyl (C=O) groups excluding carboxylic acids is 3. The number of hydrogen-bond acceptors (Lipinski definition) is 5. The van der Waals surface area contributed by atoms with E-state index in [0.717, 1.165) is 24.1 Å². The molecule has 3 amide bonds. The molecule has 2 fully saturated rings. The lowest BCUT2D eigenvalue weighted by Gasteiger charge is -2.34. The molecule has 1 atom stereocenters. The third-order valence-corrected chi connectivity index (χ3v) is 5.44. The Hall–Kier alpha value is -2.57. The first-order valence-corrected chi connectivity index (χ1v) is 10.3. The Morgan fingerprint density at radius 1 is 1.17 bits per heavy atom. The summed E-state index contributed by atoms with van der Waals surface area (Å²) in [6.45, 7) is 9.10. The molecule has 7 heteroatoms. The molecule has 2 aliphatic rings. The number of anilines is 1. The van der Waals surface area contributed by atoms with Gasteiger partial charge in [-0.25, -0.2) is 4.79 Å². The minimum Gasteiger partial charge on any atom is -0.444 e. The molecule has 158 valence electrons. The van der Waals surface area contributed by atoms with Crippen LogP contribution in [0.2, 0.25) is 0 Å². The van der Waals surface area contributed by atoms with Gasteiger partial charge in [-0.3, -0.25) is 14.9 Å². The van der Waals surface area contributed by atoms with Crippen LogP contribution in [-0.4, -0.2) is 47.5 Å². The van der Waals surface area contributed by atoms with E-state index in [1.807, 2.05) is 26.8 Å². The molecule has 2 N–H and O–H groups in total. The molecule has 1 aromatic rings. The molecular weight excluding hydrogens is 370 g/mol. The quantitative estimate of drug-likeness (QED) is 0.759. The van der Waals surface area contributed by atoms with Gasteiger partial charge in [0, 0.05) is 25.2 Å². The van der Waals surface area contributed by atoms with E-state index < -0.39 is 5.60 Å². The lowest BCUT2D eigenvalue weighted by atomic mass is 9.86. The van der Waals surface area contributed by atoms with E-state index in [9.17, 15) is 14.4 Å². The van der Waals surface area contributed by atoms with Gasteiger partial charge in [-0.05, 0) is 76.1 Å². The van der Waals surface area contributed by atoms with Gasteiger partial charge in [-0.1, -0.05) is 6.07 Å². The van der Waals surface area contributed by atoms with Gasteiger partial charge in [0.1, 0.15) is 11.6 Å². The van der Waals surface area contributed by atoms with Crippen LogP contribution in [-0.2, 0) is 14.3 Å². The van der Waals surface area contributed by atoms with E-state index in [1.54, 1.807) is 4.90 Å². The fraction of sp³-hybridized carbons (Fsp3) is 0.591. The molecular formula is C22H31N3O4. The first-order valence-electron chi connectivity index (χ1n) is 10.3. The highest BCUT2D eigenvalue weighted by atomic mass is 16.6. The van der Waals surface area contributed by atoms with E-state index in [-0.39, 0.29) is 23.9 Å². The fourth-order valence-electron chi connectivity index (χ4n) is 3.96. The number of nitrogens with zero attached hydrogens (tertiary/aromatic N) is 1. The Kier molecular flexibility index (Phi) is 6.15. The van der Waals surface area contributed by atoms with Crippen LogP contribution in [0.4, 0.5) is 10.5 Å². The smallest absolute Gasteiger partial charge is 0.410 e. The predicted molar refractivity (Wildman–Crippen MR) is 111 cm³/mol. The summed E-state index contributed by atoms with van der Waals surface area (Å²) in [6, 6.07) is 5.78. The summed E-state index contributed by atoms with van der Waals surface area (Å²) in [7, 11) is 0. The zero-order chi connectivity index (χ0) is 21.2. The van der Waals surface area contributed by atoms with Gasteiger partial charge in [0.25, 0.3) is 0 Å². The maximum Gasteiger partial charge on any atom is 0.410 e. The van der Waals surface area contributed by atoms with Crippen LogP contribution in [0.25, 0.3) is 0 Å². The minimum absolute atomic E-state index is 0.211. The largest absolute Gasteiger partial charge is 0.444 e. The van der Waals surface area contributed by atoms with Crippen molar-refractivity contribution in [2.75, 3.05) is 18.4 Å². The van der Waals surface area contributed by atoms with Gasteiger partial charge in [-0.15, -0.1) is 0 Å². The number of benzene rings is 1. The van der Waals surface area contributed by atoms with Gasteiger partial charge in [-0.2, -0.15) is 0 Å². The monoisotopic (exact) mass is 401 g/mol. The standard InChI is InChI=1S/C22H31N3O4/c1-14-13-16(23-18-7-8-19(26)24-20(18)27)5-6-17(14)15-9-11-25(12-10-15)21(28)29-22(2,3)4/h5-6,13,15,18,23H,7-12H2,1-4H3,(H,24,26,27). The number of carbonyl (C=O) groups is 3. The first-order chi connectivity index (χ1) is 13.6. The number of imide groups is 1. The number of rotatable bonds is 3. The number of likely N-dealkylation sites (tertiary alicyclic amines) is 1. The van der Waals surface area contributed by atoms with Crippen molar-refractivity contribution in [3.05, 3.63) is 29.3 Å². The third kappa shape index (κ3) is 5.49. The topological polar surface area (TPSA) is 87.7 Å². The van der Waals surface area contributed by atoms with E-state index in [4.69, 9.17) is 4.74 Å².